The first-order valence-electron chi connectivity index (χ1n) is 9.21. The molecular weight excluding hydrogens is 402 g/mol. The Balaban J connectivity index is 1.40. The van der Waals surface area contributed by atoms with Gasteiger partial charge >= 0.3 is 0 Å². The highest BCUT2D eigenvalue weighted by Crippen LogP contribution is 2.23. The van der Waals surface area contributed by atoms with Crippen molar-refractivity contribution in [3.8, 4) is 0 Å². The second-order valence-corrected chi connectivity index (χ2v) is 9.07. The predicted octanol–water partition coefficient (Wildman–Crippen LogP) is 1.48. The Morgan fingerprint density at radius 3 is 2.04 bits per heavy atom. The zero-order chi connectivity index (χ0) is 19.6. The maximum absolute atomic E-state index is 12.8. The van der Waals surface area contributed by atoms with Crippen LogP contribution < -0.4 is 9.80 Å². The van der Waals surface area contributed by atoms with Gasteiger partial charge in [-0.2, -0.15) is 4.31 Å². The van der Waals surface area contributed by atoms with E-state index in [0.717, 1.165) is 24.7 Å². The quantitative estimate of drug-likeness (QED) is 0.736. The van der Waals surface area contributed by atoms with E-state index < -0.39 is 10.0 Å². The van der Waals surface area contributed by atoms with Gasteiger partial charge in [-0.1, -0.05) is 17.7 Å². The minimum absolute atomic E-state index is 0.225. The molecule has 8 nitrogen and oxygen atoms in total. The Morgan fingerprint density at radius 2 is 1.46 bits per heavy atom. The van der Waals surface area contributed by atoms with Crippen molar-refractivity contribution in [1.29, 1.82) is 0 Å². The van der Waals surface area contributed by atoms with E-state index in [1.54, 1.807) is 18.2 Å². The van der Waals surface area contributed by atoms with Crippen molar-refractivity contribution < 1.29 is 13.2 Å². The van der Waals surface area contributed by atoms with Gasteiger partial charge in [-0.3, -0.25) is 0 Å². The van der Waals surface area contributed by atoms with Crippen LogP contribution in [0.5, 0.6) is 0 Å². The van der Waals surface area contributed by atoms with E-state index in [4.69, 9.17) is 16.3 Å². The van der Waals surface area contributed by atoms with Crippen LogP contribution in [-0.2, 0) is 14.8 Å². The number of benzene rings is 1. The molecule has 2 aliphatic rings. The fourth-order valence-electron chi connectivity index (χ4n) is 3.38. The molecule has 150 valence electrons. The minimum atomic E-state index is -3.54. The zero-order valence-electron chi connectivity index (χ0n) is 15.4. The molecule has 0 atom stereocenters. The molecule has 0 unspecified atom stereocenters. The first-order valence-corrected chi connectivity index (χ1v) is 11.0. The number of anilines is 2. The molecule has 0 radical (unpaired) electrons. The van der Waals surface area contributed by atoms with Gasteiger partial charge in [0.25, 0.3) is 0 Å². The average molecular weight is 424 g/mol. The van der Waals surface area contributed by atoms with Crippen molar-refractivity contribution in [2.45, 2.75) is 4.90 Å². The van der Waals surface area contributed by atoms with Gasteiger partial charge in [0, 0.05) is 44.3 Å². The number of sulfonamides is 1. The molecule has 10 heteroatoms. The number of nitrogens with zero attached hydrogens (tertiary/aromatic N) is 5. The van der Waals surface area contributed by atoms with E-state index in [9.17, 15) is 8.42 Å². The molecule has 1 aromatic carbocycles. The third-order valence-corrected chi connectivity index (χ3v) is 7.10. The summed E-state index contributed by atoms with van der Waals surface area (Å²) < 4.78 is 32.5. The van der Waals surface area contributed by atoms with Crippen molar-refractivity contribution in [2.75, 3.05) is 62.3 Å². The Labute approximate surface area is 169 Å². The second kappa shape index (κ2) is 8.20. The molecule has 0 saturated carbocycles. The highest BCUT2D eigenvalue weighted by Gasteiger charge is 2.29. The standard InChI is InChI=1S/C18H22ClN5O3S/c19-15-2-1-3-16(14-15)28(25,26)24-8-6-22(7-9-24)17-4-5-18(21-20-17)23-10-12-27-13-11-23/h1-5,14H,6-13H2. The molecule has 2 aromatic rings. The molecule has 0 amide bonds. The monoisotopic (exact) mass is 423 g/mol. The summed E-state index contributed by atoms with van der Waals surface area (Å²) in [5.41, 5.74) is 0. The summed E-state index contributed by atoms with van der Waals surface area (Å²) in [4.78, 5) is 4.43. The lowest BCUT2D eigenvalue weighted by atomic mass is 10.3. The summed E-state index contributed by atoms with van der Waals surface area (Å²) in [7, 11) is -3.54. The number of morpholine rings is 1. The normalized spacial score (nSPS) is 19.0. The zero-order valence-corrected chi connectivity index (χ0v) is 16.9. The van der Waals surface area contributed by atoms with E-state index >= 15 is 0 Å². The van der Waals surface area contributed by atoms with Gasteiger partial charge < -0.3 is 14.5 Å². The average Bonchev–Trinajstić information content (AvgIpc) is 2.75. The molecule has 28 heavy (non-hydrogen) atoms. The lowest BCUT2D eigenvalue weighted by Crippen LogP contribution is -2.49. The molecule has 3 heterocycles. The van der Waals surface area contributed by atoms with Crippen molar-refractivity contribution in [3.05, 3.63) is 41.4 Å². The smallest absolute Gasteiger partial charge is 0.243 e. The number of halogens is 1. The van der Waals surface area contributed by atoms with E-state index in [1.807, 2.05) is 12.1 Å². The lowest BCUT2D eigenvalue weighted by Gasteiger charge is -2.34. The van der Waals surface area contributed by atoms with Gasteiger partial charge in [-0.15, -0.1) is 10.2 Å². The molecule has 4 rings (SSSR count). The molecule has 0 N–H and O–H groups in total. The number of ether oxygens (including phenoxy) is 1. The molecule has 1 aromatic heterocycles. The SMILES string of the molecule is O=S(=O)(c1cccc(Cl)c1)N1CCN(c2ccc(N3CCOCC3)nn2)CC1. The van der Waals surface area contributed by atoms with Crippen molar-refractivity contribution in [1.82, 2.24) is 14.5 Å². The van der Waals surface area contributed by atoms with Crippen LogP contribution in [0.4, 0.5) is 11.6 Å². The van der Waals surface area contributed by atoms with E-state index in [1.165, 1.54) is 10.4 Å². The Bertz CT molecular complexity index is 911. The molecule has 2 aliphatic heterocycles. The van der Waals surface area contributed by atoms with E-state index in [-0.39, 0.29) is 4.90 Å². The van der Waals surface area contributed by atoms with Crippen LogP contribution in [0.25, 0.3) is 0 Å². The van der Waals surface area contributed by atoms with Gasteiger partial charge in [0.1, 0.15) is 0 Å². The Morgan fingerprint density at radius 1 is 0.857 bits per heavy atom. The first kappa shape index (κ1) is 19.4. The molecule has 0 bridgehead atoms. The maximum Gasteiger partial charge on any atom is 0.243 e. The number of hydrogen-bond donors (Lipinski definition) is 0. The minimum Gasteiger partial charge on any atom is -0.378 e. The number of hydrogen-bond acceptors (Lipinski definition) is 7. The molecule has 0 spiro atoms. The van der Waals surface area contributed by atoms with E-state index in [2.05, 4.69) is 20.0 Å². The van der Waals surface area contributed by atoms with Gasteiger partial charge in [-0.25, -0.2) is 8.42 Å². The van der Waals surface area contributed by atoms with Crippen LogP contribution in [0, 0.1) is 0 Å². The predicted molar refractivity (Wildman–Crippen MR) is 107 cm³/mol. The third-order valence-electron chi connectivity index (χ3n) is 4.97. The second-order valence-electron chi connectivity index (χ2n) is 6.70. The van der Waals surface area contributed by atoms with Crippen LogP contribution >= 0.6 is 11.6 Å². The summed E-state index contributed by atoms with van der Waals surface area (Å²) in [6.45, 7) is 4.93. The highest BCUT2D eigenvalue weighted by molar-refractivity contribution is 7.89. The molecule has 2 fully saturated rings. The fourth-order valence-corrected chi connectivity index (χ4v) is 5.11. The number of rotatable bonds is 4. The van der Waals surface area contributed by atoms with Crippen molar-refractivity contribution >= 4 is 33.3 Å². The third kappa shape index (κ3) is 4.07. The number of aromatic nitrogens is 2. The van der Waals surface area contributed by atoms with Gasteiger partial charge in [0.2, 0.25) is 10.0 Å². The van der Waals surface area contributed by atoms with Crippen molar-refractivity contribution in [2.24, 2.45) is 0 Å². The van der Waals surface area contributed by atoms with Crippen LogP contribution in [-0.4, -0.2) is 75.4 Å². The van der Waals surface area contributed by atoms with Gasteiger partial charge in [0.15, 0.2) is 11.6 Å². The lowest BCUT2D eigenvalue weighted by molar-refractivity contribution is 0.122. The summed E-state index contributed by atoms with van der Waals surface area (Å²) in [5, 5.41) is 9.09. The first-order chi connectivity index (χ1) is 13.5. The van der Waals surface area contributed by atoms with E-state index in [0.29, 0.717) is 44.4 Å². The van der Waals surface area contributed by atoms with Crippen molar-refractivity contribution in [3.63, 3.8) is 0 Å². The summed E-state index contributed by atoms with van der Waals surface area (Å²) in [6.07, 6.45) is 0. The van der Waals surface area contributed by atoms with Gasteiger partial charge in [0.05, 0.1) is 18.1 Å². The topological polar surface area (TPSA) is 78.9 Å². The van der Waals surface area contributed by atoms with Crippen LogP contribution in [0.3, 0.4) is 0 Å². The van der Waals surface area contributed by atoms with Crippen LogP contribution in [0.2, 0.25) is 5.02 Å². The molecular formula is C18H22ClN5O3S. The number of piperazine rings is 1. The summed E-state index contributed by atoms with van der Waals surface area (Å²) in [6, 6.07) is 10.3. The van der Waals surface area contributed by atoms with Gasteiger partial charge in [-0.05, 0) is 30.3 Å². The highest BCUT2D eigenvalue weighted by atomic mass is 35.5. The maximum atomic E-state index is 12.8. The largest absolute Gasteiger partial charge is 0.378 e. The Hall–Kier alpha value is -1.94. The molecule has 0 aliphatic carbocycles. The molecule has 2 saturated heterocycles. The Kier molecular flexibility index (Phi) is 5.68. The fraction of sp³-hybridized carbons (Fsp3) is 0.444. The van der Waals surface area contributed by atoms with Crippen LogP contribution in [0.1, 0.15) is 0 Å². The summed E-state index contributed by atoms with van der Waals surface area (Å²) >= 11 is 5.95. The van der Waals surface area contributed by atoms with Crippen LogP contribution in [0.15, 0.2) is 41.3 Å². The summed E-state index contributed by atoms with van der Waals surface area (Å²) in [5.74, 6) is 1.60.